The number of para-hydroxylation sites is 1. The molecule has 1 N–H and O–H groups in total. The van der Waals surface area contributed by atoms with Crippen molar-refractivity contribution in [2.45, 2.75) is 32.9 Å². The summed E-state index contributed by atoms with van der Waals surface area (Å²) in [5.41, 5.74) is 6.79. The number of nitrogens with zero attached hydrogens (tertiary/aromatic N) is 4. The number of anilines is 1. The molecule has 8 nitrogen and oxygen atoms in total. The number of esters is 1. The Bertz CT molecular complexity index is 1720. The van der Waals surface area contributed by atoms with Crippen molar-refractivity contribution in [1.29, 1.82) is 0 Å². The number of methoxy groups -OCH3 is 1. The van der Waals surface area contributed by atoms with Crippen LogP contribution in [0.3, 0.4) is 0 Å². The molecule has 206 valence electrons. The van der Waals surface area contributed by atoms with Crippen molar-refractivity contribution in [3.05, 3.63) is 131 Å². The van der Waals surface area contributed by atoms with Crippen LogP contribution in [0.5, 0.6) is 0 Å². The van der Waals surface area contributed by atoms with Crippen molar-refractivity contribution >= 4 is 17.7 Å². The summed E-state index contributed by atoms with van der Waals surface area (Å²) in [6.45, 7) is 4.44. The Balaban J connectivity index is 1.49. The Kier molecular flexibility index (Phi) is 6.89. The minimum Gasteiger partial charge on any atom is -0.465 e. The van der Waals surface area contributed by atoms with Crippen LogP contribution in [0.25, 0.3) is 11.5 Å². The number of benzene rings is 3. The lowest BCUT2D eigenvalue weighted by Crippen LogP contribution is -2.38. The summed E-state index contributed by atoms with van der Waals surface area (Å²) in [5, 5.41) is 7.94. The summed E-state index contributed by atoms with van der Waals surface area (Å²) in [5.74, 6) is 0.447. The zero-order valence-corrected chi connectivity index (χ0v) is 23.2. The minimum absolute atomic E-state index is 0.288. The maximum Gasteiger partial charge on any atom is 0.337 e. The number of nitrogens with one attached hydrogen (secondary N) is 1. The van der Waals surface area contributed by atoms with Gasteiger partial charge in [-0.2, -0.15) is 5.10 Å². The second-order valence-corrected chi connectivity index (χ2v) is 10.1. The smallest absolute Gasteiger partial charge is 0.337 e. The quantitative estimate of drug-likeness (QED) is 0.257. The first-order chi connectivity index (χ1) is 20.0. The molecule has 2 amide bonds. The van der Waals surface area contributed by atoms with Gasteiger partial charge < -0.3 is 19.5 Å². The molecule has 3 aromatic carbocycles. The lowest BCUT2D eigenvalue weighted by molar-refractivity contribution is 0.0600. The summed E-state index contributed by atoms with van der Waals surface area (Å²) >= 11 is 0. The highest BCUT2D eigenvalue weighted by Crippen LogP contribution is 2.39. The predicted octanol–water partition coefficient (Wildman–Crippen LogP) is 6.46. The highest BCUT2D eigenvalue weighted by atomic mass is 16.5. The van der Waals surface area contributed by atoms with E-state index in [1.165, 1.54) is 12.7 Å². The first-order valence-electron chi connectivity index (χ1n) is 13.6. The van der Waals surface area contributed by atoms with Crippen LogP contribution in [0, 0.1) is 6.92 Å². The second kappa shape index (κ2) is 10.8. The number of aryl methyl sites for hydroxylation is 2. The van der Waals surface area contributed by atoms with E-state index in [0.29, 0.717) is 17.8 Å². The van der Waals surface area contributed by atoms with E-state index in [2.05, 4.69) is 47.1 Å². The van der Waals surface area contributed by atoms with Gasteiger partial charge >= 0.3 is 12.0 Å². The highest BCUT2D eigenvalue weighted by Gasteiger charge is 2.36. The molecule has 0 saturated heterocycles. The number of aromatic nitrogens is 3. The Hall–Kier alpha value is -5.11. The van der Waals surface area contributed by atoms with Gasteiger partial charge in [0, 0.05) is 17.4 Å². The molecule has 0 aliphatic carbocycles. The molecule has 41 heavy (non-hydrogen) atoms. The minimum atomic E-state index is -0.462. The van der Waals surface area contributed by atoms with Crippen molar-refractivity contribution in [2.24, 2.45) is 0 Å². The van der Waals surface area contributed by atoms with Crippen molar-refractivity contribution in [3.8, 4) is 11.5 Å². The van der Waals surface area contributed by atoms with Gasteiger partial charge in [-0.15, -0.1) is 0 Å². The predicted molar refractivity (Wildman–Crippen MR) is 158 cm³/mol. The SMILES string of the molecule is CCc1ccc([C@H]2c3cccn3-c3c(c(C)nn3-c3ccccc3)CN2C(=O)Nc2cccc(C(=O)OC)c2)cc1. The normalized spacial score (nSPS) is 14.1. The van der Waals surface area contributed by atoms with Crippen molar-refractivity contribution in [2.75, 3.05) is 12.4 Å². The number of ether oxygens (including phenoxy) is 1. The van der Waals surface area contributed by atoms with Crippen molar-refractivity contribution in [3.63, 3.8) is 0 Å². The third-order valence-corrected chi connectivity index (χ3v) is 7.59. The van der Waals surface area contributed by atoms with Gasteiger partial charge in [0.2, 0.25) is 0 Å². The molecule has 0 bridgehead atoms. The summed E-state index contributed by atoms with van der Waals surface area (Å²) in [6, 6.07) is 28.6. The van der Waals surface area contributed by atoms with E-state index in [-0.39, 0.29) is 12.1 Å². The second-order valence-electron chi connectivity index (χ2n) is 10.1. The molecule has 0 spiro atoms. The average molecular weight is 546 g/mol. The molecule has 0 saturated carbocycles. The molecule has 6 rings (SSSR count). The zero-order valence-electron chi connectivity index (χ0n) is 23.2. The van der Waals surface area contributed by atoms with Crippen molar-refractivity contribution < 1.29 is 14.3 Å². The molecule has 3 heterocycles. The molecule has 1 atom stereocenters. The topological polar surface area (TPSA) is 81.4 Å². The van der Waals surface area contributed by atoms with Gasteiger partial charge in [-0.25, -0.2) is 14.3 Å². The highest BCUT2D eigenvalue weighted by molar-refractivity contribution is 5.94. The van der Waals surface area contributed by atoms with Gasteiger partial charge in [-0.3, -0.25) is 0 Å². The van der Waals surface area contributed by atoms with Crippen LogP contribution in [0.2, 0.25) is 0 Å². The first-order valence-corrected chi connectivity index (χ1v) is 13.6. The molecule has 1 aliphatic heterocycles. The van der Waals surface area contributed by atoms with E-state index in [4.69, 9.17) is 9.84 Å². The average Bonchev–Trinajstić information content (AvgIpc) is 3.57. The molecular weight excluding hydrogens is 514 g/mol. The van der Waals surface area contributed by atoms with Crippen LogP contribution in [-0.2, 0) is 17.7 Å². The largest absolute Gasteiger partial charge is 0.465 e. The summed E-state index contributed by atoms with van der Waals surface area (Å²) in [4.78, 5) is 28.1. The third kappa shape index (κ3) is 4.78. The van der Waals surface area contributed by atoms with Crippen LogP contribution in [0.4, 0.5) is 10.5 Å². The van der Waals surface area contributed by atoms with E-state index in [0.717, 1.165) is 40.4 Å². The number of urea groups is 1. The molecule has 5 aromatic rings. The number of rotatable bonds is 5. The van der Waals surface area contributed by atoms with E-state index in [9.17, 15) is 9.59 Å². The fourth-order valence-corrected chi connectivity index (χ4v) is 5.47. The van der Waals surface area contributed by atoms with Gasteiger partial charge in [0.25, 0.3) is 0 Å². The first kappa shape index (κ1) is 26.1. The van der Waals surface area contributed by atoms with Crippen LogP contribution in [0.15, 0.2) is 97.2 Å². The number of amides is 2. The van der Waals surface area contributed by atoms with E-state index in [1.807, 2.05) is 59.1 Å². The van der Waals surface area contributed by atoms with Crippen molar-refractivity contribution in [1.82, 2.24) is 19.2 Å². The molecule has 0 fully saturated rings. The Morgan fingerprint density at radius 1 is 0.976 bits per heavy atom. The number of hydrogen-bond donors (Lipinski definition) is 1. The monoisotopic (exact) mass is 545 g/mol. The van der Waals surface area contributed by atoms with Gasteiger partial charge in [0.05, 0.1) is 42.3 Å². The van der Waals surface area contributed by atoms with Crippen LogP contribution < -0.4 is 5.32 Å². The van der Waals surface area contributed by atoms with E-state index >= 15 is 0 Å². The summed E-state index contributed by atoms with van der Waals surface area (Å²) in [7, 11) is 1.34. The summed E-state index contributed by atoms with van der Waals surface area (Å²) in [6.07, 6.45) is 2.96. The molecular formula is C33H31N5O3. The third-order valence-electron chi connectivity index (χ3n) is 7.59. The van der Waals surface area contributed by atoms with E-state index in [1.54, 1.807) is 24.3 Å². The number of hydrogen-bond acceptors (Lipinski definition) is 4. The number of fused-ring (bicyclic) bond motifs is 3. The Morgan fingerprint density at radius 2 is 1.76 bits per heavy atom. The Labute approximate surface area is 238 Å². The van der Waals surface area contributed by atoms with Crippen LogP contribution in [-0.4, -0.2) is 38.4 Å². The van der Waals surface area contributed by atoms with Crippen LogP contribution >= 0.6 is 0 Å². The fourth-order valence-electron chi connectivity index (χ4n) is 5.47. The lowest BCUT2D eigenvalue weighted by Gasteiger charge is -2.31. The van der Waals surface area contributed by atoms with Gasteiger partial charge in [0.15, 0.2) is 0 Å². The maximum atomic E-state index is 14.2. The summed E-state index contributed by atoms with van der Waals surface area (Å²) < 4.78 is 8.97. The number of carbonyl (C=O) groups is 2. The standard InChI is InChI=1S/C33H31N5O3/c1-4-23-15-17-24(18-16-23)30-29-14-9-19-36(29)31-28(22(2)35-38(31)27-12-6-5-7-13-27)21-37(30)33(40)34-26-11-8-10-25(20-26)32(39)41-3/h5-20,30H,4,21H2,1-3H3,(H,34,40)/t30-/m0/s1. The zero-order chi connectivity index (χ0) is 28.5. The fraction of sp³-hybridized carbons (Fsp3) is 0.182. The van der Waals surface area contributed by atoms with Gasteiger partial charge in [-0.05, 0) is 66.9 Å². The Morgan fingerprint density at radius 3 is 2.49 bits per heavy atom. The van der Waals surface area contributed by atoms with Crippen LogP contribution in [0.1, 0.15) is 51.4 Å². The molecule has 2 aromatic heterocycles. The van der Waals surface area contributed by atoms with Gasteiger partial charge in [-0.1, -0.05) is 55.5 Å². The molecule has 0 radical (unpaired) electrons. The van der Waals surface area contributed by atoms with Gasteiger partial charge in [0.1, 0.15) is 5.82 Å². The van der Waals surface area contributed by atoms with E-state index < -0.39 is 5.97 Å². The molecule has 8 heteroatoms. The maximum absolute atomic E-state index is 14.2. The lowest BCUT2D eigenvalue weighted by atomic mass is 9.99. The molecule has 0 unspecified atom stereocenters. The number of carbonyl (C=O) groups excluding carboxylic acids is 2. The molecule has 1 aliphatic rings.